The molecule has 100 valence electrons. The van der Waals surface area contributed by atoms with Gasteiger partial charge in [-0.2, -0.15) is 5.26 Å². The zero-order valence-electron chi connectivity index (χ0n) is 11.3. The summed E-state index contributed by atoms with van der Waals surface area (Å²) in [5.41, 5.74) is 9.81. The molecule has 20 heavy (non-hydrogen) atoms. The van der Waals surface area contributed by atoms with Crippen LogP contribution in [0.1, 0.15) is 16.8 Å². The molecule has 2 N–H and O–H groups in total. The van der Waals surface area contributed by atoms with Crippen molar-refractivity contribution >= 4 is 0 Å². The maximum atomic E-state index is 9.27. The molecule has 0 radical (unpaired) electrons. The summed E-state index contributed by atoms with van der Waals surface area (Å²) in [4.78, 5) is 4.51. The van der Waals surface area contributed by atoms with Crippen LogP contribution < -0.4 is 10.5 Å². The number of hydrogen-bond acceptors (Lipinski definition) is 4. The Morgan fingerprint density at radius 3 is 3.00 bits per heavy atom. The Morgan fingerprint density at radius 1 is 1.40 bits per heavy atom. The Kier molecular flexibility index (Phi) is 3.13. The molecule has 0 aliphatic carbocycles. The van der Waals surface area contributed by atoms with Gasteiger partial charge in [0.15, 0.2) is 0 Å². The molecule has 1 aliphatic heterocycles. The molecule has 1 aromatic carbocycles. The number of hydrogen-bond donors (Lipinski definition) is 1. The Balaban J connectivity index is 2.16. The van der Waals surface area contributed by atoms with Crippen LogP contribution in [0.4, 0.5) is 0 Å². The number of nitriles is 1. The van der Waals surface area contributed by atoms with Crippen LogP contribution >= 0.6 is 0 Å². The van der Waals surface area contributed by atoms with E-state index in [0.717, 1.165) is 29.0 Å². The summed E-state index contributed by atoms with van der Waals surface area (Å²) < 4.78 is 5.91. The minimum absolute atomic E-state index is 0.0153. The summed E-state index contributed by atoms with van der Waals surface area (Å²) in [6.45, 7) is 2.40. The zero-order chi connectivity index (χ0) is 14.1. The van der Waals surface area contributed by atoms with Crippen molar-refractivity contribution in [3.63, 3.8) is 0 Å². The second-order valence-corrected chi connectivity index (χ2v) is 4.93. The minimum Gasteiger partial charge on any atom is -0.488 e. The number of para-hydroxylation sites is 1. The van der Waals surface area contributed by atoms with Crippen LogP contribution in [0.3, 0.4) is 0 Å². The smallest absolute Gasteiger partial charge is 0.132 e. The van der Waals surface area contributed by atoms with Crippen molar-refractivity contribution in [3.8, 4) is 23.1 Å². The molecular formula is C16H15N3O. The van der Waals surface area contributed by atoms with E-state index in [-0.39, 0.29) is 6.10 Å². The summed E-state index contributed by atoms with van der Waals surface area (Å²) in [5, 5.41) is 9.27. The normalized spacial score (nSPS) is 16.4. The van der Waals surface area contributed by atoms with Crippen molar-refractivity contribution in [2.45, 2.75) is 19.4 Å². The number of rotatable bonds is 2. The molecular weight excluding hydrogens is 250 g/mol. The Bertz CT molecular complexity index is 703. The third kappa shape index (κ3) is 2.02. The molecule has 1 unspecified atom stereocenters. The van der Waals surface area contributed by atoms with E-state index in [2.05, 4.69) is 11.1 Å². The van der Waals surface area contributed by atoms with Crippen molar-refractivity contribution < 1.29 is 4.74 Å². The first-order valence-corrected chi connectivity index (χ1v) is 6.59. The van der Waals surface area contributed by atoms with Gasteiger partial charge in [-0.1, -0.05) is 12.1 Å². The van der Waals surface area contributed by atoms with Gasteiger partial charge in [0.05, 0.1) is 11.3 Å². The largest absolute Gasteiger partial charge is 0.488 e. The molecule has 2 heterocycles. The van der Waals surface area contributed by atoms with Gasteiger partial charge in [-0.15, -0.1) is 0 Å². The fourth-order valence-corrected chi connectivity index (χ4v) is 2.51. The van der Waals surface area contributed by atoms with Crippen molar-refractivity contribution in [3.05, 3.63) is 47.2 Å². The second-order valence-electron chi connectivity index (χ2n) is 4.93. The molecule has 4 nitrogen and oxygen atoms in total. The number of nitrogens with zero attached hydrogens (tertiary/aromatic N) is 2. The number of nitrogens with two attached hydrogens (primary N) is 1. The van der Waals surface area contributed by atoms with Crippen molar-refractivity contribution in [2.75, 3.05) is 6.54 Å². The number of ether oxygens (including phenoxy) is 1. The average molecular weight is 265 g/mol. The molecule has 3 rings (SSSR count). The number of aromatic nitrogens is 1. The lowest BCUT2D eigenvalue weighted by molar-refractivity contribution is 0.242. The van der Waals surface area contributed by atoms with Gasteiger partial charge in [0.2, 0.25) is 0 Å². The van der Waals surface area contributed by atoms with Gasteiger partial charge in [0.1, 0.15) is 17.9 Å². The summed E-state index contributed by atoms with van der Waals surface area (Å²) in [7, 11) is 0. The molecule has 0 spiro atoms. The lowest BCUT2D eigenvalue weighted by Crippen LogP contribution is -2.24. The SMILES string of the molecule is Cc1ccc(C#N)c(-c2cccc3c2OC(CN)C3)n1. The lowest BCUT2D eigenvalue weighted by atomic mass is 10.0. The molecule has 0 fully saturated rings. The van der Waals surface area contributed by atoms with Crippen LogP contribution in [0.25, 0.3) is 11.3 Å². The fraction of sp³-hybridized carbons (Fsp3) is 0.250. The highest BCUT2D eigenvalue weighted by Crippen LogP contribution is 2.38. The van der Waals surface area contributed by atoms with Gasteiger partial charge in [0, 0.05) is 24.2 Å². The molecule has 2 aromatic rings. The number of fused-ring (bicyclic) bond motifs is 1. The highest BCUT2D eigenvalue weighted by Gasteiger charge is 2.25. The standard InChI is InChI=1S/C16H15N3O/c1-10-5-6-12(8-17)15(19-10)14-4-2-3-11-7-13(9-18)20-16(11)14/h2-6,13H,7,9,18H2,1H3. The predicted octanol–water partition coefficient (Wildman–Crippen LogP) is 2.19. The van der Waals surface area contributed by atoms with Gasteiger partial charge in [0.25, 0.3) is 0 Å². The first-order chi connectivity index (χ1) is 9.72. The topological polar surface area (TPSA) is 71.9 Å². The second kappa shape index (κ2) is 4.95. The third-order valence-corrected chi connectivity index (χ3v) is 3.50. The van der Waals surface area contributed by atoms with Gasteiger partial charge in [-0.05, 0) is 30.7 Å². The summed E-state index contributed by atoms with van der Waals surface area (Å²) in [5.74, 6) is 0.817. The molecule has 1 aliphatic rings. The zero-order valence-corrected chi connectivity index (χ0v) is 11.3. The monoisotopic (exact) mass is 265 g/mol. The maximum Gasteiger partial charge on any atom is 0.132 e. The van der Waals surface area contributed by atoms with E-state index in [0.29, 0.717) is 17.8 Å². The fourth-order valence-electron chi connectivity index (χ4n) is 2.51. The van der Waals surface area contributed by atoms with Gasteiger partial charge in [-0.3, -0.25) is 4.98 Å². The van der Waals surface area contributed by atoms with E-state index < -0.39 is 0 Å². The molecule has 0 amide bonds. The Labute approximate surface area is 117 Å². The average Bonchev–Trinajstić information content (AvgIpc) is 2.90. The van der Waals surface area contributed by atoms with Crippen molar-refractivity contribution in [2.24, 2.45) is 5.73 Å². The molecule has 0 saturated carbocycles. The Morgan fingerprint density at radius 2 is 2.25 bits per heavy atom. The minimum atomic E-state index is 0.0153. The molecule has 0 saturated heterocycles. The summed E-state index contributed by atoms with van der Waals surface area (Å²) >= 11 is 0. The van der Waals surface area contributed by atoms with Crippen LogP contribution in [0.15, 0.2) is 30.3 Å². The van der Waals surface area contributed by atoms with E-state index in [1.54, 1.807) is 6.07 Å². The van der Waals surface area contributed by atoms with E-state index in [1.165, 1.54) is 0 Å². The first-order valence-electron chi connectivity index (χ1n) is 6.59. The van der Waals surface area contributed by atoms with E-state index in [1.807, 2.05) is 31.2 Å². The van der Waals surface area contributed by atoms with Crippen molar-refractivity contribution in [1.29, 1.82) is 5.26 Å². The van der Waals surface area contributed by atoms with Gasteiger partial charge >= 0.3 is 0 Å². The van der Waals surface area contributed by atoms with Crippen LogP contribution in [0, 0.1) is 18.3 Å². The van der Waals surface area contributed by atoms with Gasteiger partial charge < -0.3 is 10.5 Å². The van der Waals surface area contributed by atoms with E-state index >= 15 is 0 Å². The van der Waals surface area contributed by atoms with Crippen LogP contribution in [0.2, 0.25) is 0 Å². The van der Waals surface area contributed by atoms with E-state index in [4.69, 9.17) is 10.5 Å². The third-order valence-electron chi connectivity index (χ3n) is 3.50. The summed E-state index contributed by atoms with van der Waals surface area (Å²) in [6, 6.07) is 11.8. The number of benzene rings is 1. The molecule has 1 aromatic heterocycles. The van der Waals surface area contributed by atoms with Gasteiger partial charge in [-0.25, -0.2) is 0 Å². The lowest BCUT2D eigenvalue weighted by Gasteiger charge is -2.11. The number of aryl methyl sites for hydroxylation is 1. The first kappa shape index (κ1) is 12.6. The predicted molar refractivity (Wildman–Crippen MR) is 76.3 cm³/mol. The Hall–Kier alpha value is -2.38. The highest BCUT2D eigenvalue weighted by atomic mass is 16.5. The maximum absolute atomic E-state index is 9.27. The van der Waals surface area contributed by atoms with Crippen LogP contribution in [0.5, 0.6) is 5.75 Å². The van der Waals surface area contributed by atoms with Crippen LogP contribution in [-0.2, 0) is 6.42 Å². The van der Waals surface area contributed by atoms with E-state index in [9.17, 15) is 5.26 Å². The molecule has 1 atom stereocenters. The number of pyridine rings is 1. The summed E-state index contributed by atoms with van der Waals surface area (Å²) in [6.07, 6.45) is 0.828. The van der Waals surface area contributed by atoms with Crippen molar-refractivity contribution in [1.82, 2.24) is 4.98 Å². The highest BCUT2D eigenvalue weighted by molar-refractivity contribution is 5.74. The molecule has 0 bridgehead atoms. The van der Waals surface area contributed by atoms with Crippen LogP contribution in [-0.4, -0.2) is 17.6 Å². The quantitative estimate of drug-likeness (QED) is 0.903. The molecule has 4 heteroatoms.